The Labute approximate surface area is 171 Å². The molecule has 0 aromatic carbocycles. The third-order valence-corrected chi connectivity index (χ3v) is 9.90. The Hall–Kier alpha value is -0.790. The fraction of sp³-hybridized carbons (Fsp3) is 0.870. The number of carbonyl (C=O) groups excluding carboxylic acids is 1. The Morgan fingerprint density at radius 3 is 2.69 bits per heavy atom. The molecule has 2 spiro atoms. The van der Waals surface area contributed by atoms with Crippen LogP contribution in [0, 0.1) is 28.6 Å². The van der Waals surface area contributed by atoms with E-state index in [0.717, 1.165) is 32.1 Å². The molecule has 160 valence electrons. The van der Waals surface area contributed by atoms with Gasteiger partial charge >= 0.3 is 0 Å². The highest BCUT2D eigenvalue weighted by molar-refractivity contribution is 5.91. The van der Waals surface area contributed by atoms with E-state index in [4.69, 9.17) is 18.9 Å². The molecule has 8 atom stereocenters. The lowest BCUT2D eigenvalue weighted by atomic mass is 9.45. The molecule has 6 nitrogen and oxygen atoms in total. The van der Waals surface area contributed by atoms with Crippen LogP contribution >= 0.6 is 0 Å². The summed E-state index contributed by atoms with van der Waals surface area (Å²) in [6, 6.07) is 0. The lowest BCUT2D eigenvalue weighted by molar-refractivity contribution is -0.257. The molecule has 0 aromatic rings. The smallest absolute Gasteiger partial charge is 0.226 e. The first kappa shape index (κ1) is 18.9. The molecule has 0 radical (unpaired) electrons. The molecule has 0 unspecified atom stereocenters. The molecule has 6 rings (SSSR count). The molecule has 4 aliphatic carbocycles. The van der Waals surface area contributed by atoms with Gasteiger partial charge in [0.05, 0.1) is 6.10 Å². The van der Waals surface area contributed by atoms with Crippen LogP contribution in [0.3, 0.4) is 0 Å². The van der Waals surface area contributed by atoms with Crippen molar-refractivity contribution >= 4 is 5.78 Å². The van der Waals surface area contributed by atoms with E-state index in [1.165, 1.54) is 5.57 Å². The summed E-state index contributed by atoms with van der Waals surface area (Å²) in [5, 5.41) is 11.6. The Bertz CT molecular complexity index is 766. The number of allylic oxidation sites excluding steroid dienone is 1. The van der Waals surface area contributed by atoms with Gasteiger partial charge in [0.25, 0.3) is 0 Å². The van der Waals surface area contributed by atoms with Gasteiger partial charge < -0.3 is 24.1 Å². The zero-order valence-corrected chi connectivity index (χ0v) is 17.4. The molecule has 0 bridgehead atoms. The third kappa shape index (κ3) is 2.13. The molecule has 2 saturated heterocycles. The minimum atomic E-state index is -0.843. The maximum Gasteiger partial charge on any atom is 0.226 e. The summed E-state index contributed by atoms with van der Waals surface area (Å²) in [6.45, 7) is 5.44. The number of carbonyl (C=O) groups is 1. The highest BCUT2D eigenvalue weighted by atomic mass is 16.9. The van der Waals surface area contributed by atoms with Crippen LogP contribution in [0.25, 0.3) is 0 Å². The predicted octanol–water partition coefficient (Wildman–Crippen LogP) is 2.93. The number of rotatable bonds is 0. The van der Waals surface area contributed by atoms with Crippen LogP contribution in [0.4, 0.5) is 0 Å². The van der Waals surface area contributed by atoms with Crippen LogP contribution in [0.1, 0.15) is 58.8 Å². The second kappa shape index (κ2) is 5.92. The zero-order chi connectivity index (χ0) is 20.1. The van der Waals surface area contributed by atoms with E-state index in [-0.39, 0.29) is 36.1 Å². The van der Waals surface area contributed by atoms with E-state index in [1.807, 2.05) is 6.08 Å². The Morgan fingerprint density at radius 1 is 1.07 bits per heavy atom. The van der Waals surface area contributed by atoms with E-state index in [2.05, 4.69) is 13.8 Å². The van der Waals surface area contributed by atoms with Gasteiger partial charge in [-0.25, -0.2) is 0 Å². The Balaban J connectivity index is 1.41. The number of fused-ring (bicyclic) bond motifs is 7. The first-order valence-corrected chi connectivity index (χ1v) is 11.3. The summed E-state index contributed by atoms with van der Waals surface area (Å²) >= 11 is 0. The van der Waals surface area contributed by atoms with Crippen LogP contribution in [0.5, 0.6) is 0 Å². The minimum Gasteiger partial charge on any atom is -0.393 e. The van der Waals surface area contributed by atoms with Crippen molar-refractivity contribution in [2.75, 3.05) is 20.2 Å². The molecule has 3 saturated carbocycles. The number of aliphatic hydroxyl groups is 1. The standard InChI is InChI=1S/C23H32O6/c1-20-7-5-15(24)9-14(20)3-4-16-17-6-8-22(21(17,2)10-18(25)19(16)20)23(29-13-27-22)11-26-12-28-23/h9,16-19,25H,3-8,10-13H2,1-2H3/t16-,17-,18+,19+,20-,21-,22+,23-/m0/s1. The van der Waals surface area contributed by atoms with Crippen molar-refractivity contribution in [2.45, 2.75) is 76.3 Å². The number of ether oxygens (including phenoxy) is 4. The molecule has 2 heterocycles. The van der Waals surface area contributed by atoms with Crippen molar-refractivity contribution in [1.82, 2.24) is 0 Å². The van der Waals surface area contributed by atoms with Gasteiger partial charge in [0, 0.05) is 11.8 Å². The molecule has 0 amide bonds. The van der Waals surface area contributed by atoms with E-state index in [1.54, 1.807) is 0 Å². The molecule has 29 heavy (non-hydrogen) atoms. The summed E-state index contributed by atoms with van der Waals surface area (Å²) in [5.41, 5.74) is 0.423. The van der Waals surface area contributed by atoms with Crippen LogP contribution < -0.4 is 0 Å². The maximum absolute atomic E-state index is 12.1. The van der Waals surface area contributed by atoms with Crippen molar-refractivity contribution in [3.8, 4) is 0 Å². The van der Waals surface area contributed by atoms with Crippen LogP contribution in [0.15, 0.2) is 11.6 Å². The van der Waals surface area contributed by atoms with E-state index < -0.39 is 17.5 Å². The lowest BCUT2D eigenvalue weighted by Crippen LogP contribution is -2.66. The molecule has 6 heteroatoms. The van der Waals surface area contributed by atoms with Gasteiger partial charge in [-0.2, -0.15) is 0 Å². The third-order valence-electron chi connectivity index (χ3n) is 9.90. The molecule has 1 N–H and O–H groups in total. The first-order valence-electron chi connectivity index (χ1n) is 11.3. The van der Waals surface area contributed by atoms with Crippen LogP contribution in [0.2, 0.25) is 0 Å². The highest BCUT2D eigenvalue weighted by Crippen LogP contribution is 2.71. The largest absolute Gasteiger partial charge is 0.393 e. The van der Waals surface area contributed by atoms with Gasteiger partial charge in [0.2, 0.25) is 5.79 Å². The minimum absolute atomic E-state index is 0.0645. The molecule has 2 aliphatic heterocycles. The monoisotopic (exact) mass is 404 g/mol. The van der Waals surface area contributed by atoms with Gasteiger partial charge in [-0.1, -0.05) is 19.4 Å². The second-order valence-electron chi connectivity index (χ2n) is 10.7. The highest BCUT2D eigenvalue weighted by Gasteiger charge is 2.76. The Kier molecular flexibility index (Phi) is 3.86. The molecule has 0 aromatic heterocycles. The summed E-state index contributed by atoms with van der Waals surface area (Å²) in [5.74, 6) is 0.506. The SMILES string of the molecule is C[C@]12CCC(=O)C=C1CC[C@@H]1[C@@H]2[C@H](O)C[C@@]2(C)[C@H]1CC[C@@]21OCO[C@@]12COCO2. The molecule has 6 aliphatic rings. The summed E-state index contributed by atoms with van der Waals surface area (Å²) in [7, 11) is 0. The Morgan fingerprint density at radius 2 is 1.90 bits per heavy atom. The average Bonchev–Trinajstić information content (AvgIpc) is 3.37. The van der Waals surface area contributed by atoms with Crippen LogP contribution in [-0.4, -0.2) is 48.6 Å². The summed E-state index contributed by atoms with van der Waals surface area (Å²) in [4.78, 5) is 12.1. The van der Waals surface area contributed by atoms with Crippen molar-refractivity contribution in [1.29, 1.82) is 0 Å². The number of aliphatic hydroxyl groups excluding tert-OH is 1. The lowest BCUT2D eigenvalue weighted by Gasteiger charge is -2.61. The first-order chi connectivity index (χ1) is 13.9. The molecular weight excluding hydrogens is 372 g/mol. The van der Waals surface area contributed by atoms with Gasteiger partial charge in [-0.3, -0.25) is 4.79 Å². The number of hydrogen-bond donors (Lipinski definition) is 1. The fourth-order valence-corrected chi connectivity index (χ4v) is 8.66. The van der Waals surface area contributed by atoms with E-state index in [0.29, 0.717) is 31.3 Å². The second-order valence-corrected chi connectivity index (χ2v) is 10.7. The quantitative estimate of drug-likeness (QED) is 0.669. The zero-order valence-electron chi connectivity index (χ0n) is 17.4. The van der Waals surface area contributed by atoms with Crippen molar-refractivity contribution < 1.29 is 28.8 Å². The summed E-state index contributed by atoms with van der Waals surface area (Å²) < 4.78 is 24.1. The predicted molar refractivity (Wildman–Crippen MR) is 103 cm³/mol. The van der Waals surface area contributed by atoms with Crippen molar-refractivity contribution in [2.24, 2.45) is 28.6 Å². The van der Waals surface area contributed by atoms with Crippen molar-refractivity contribution in [3.05, 3.63) is 11.6 Å². The fourth-order valence-electron chi connectivity index (χ4n) is 8.66. The number of hydrogen-bond acceptors (Lipinski definition) is 6. The average molecular weight is 405 g/mol. The van der Waals surface area contributed by atoms with Gasteiger partial charge in [-0.15, -0.1) is 0 Å². The van der Waals surface area contributed by atoms with Gasteiger partial charge in [0.15, 0.2) is 19.4 Å². The molecular formula is C23H32O6. The van der Waals surface area contributed by atoms with E-state index >= 15 is 0 Å². The van der Waals surface area contributed by atoms with Crippen LogP contribution in [-0.2, 0) is 23.7 Å². The topological polar surface area (TPSA) is 74.2 Å². The summed E-state index contributed by atoms with van der Waals surface area (Å²) in [6.07, 6.45) is 7.58. The number of ketones is 1. The van der Waals surface area contributed by atoms with Crippen molar-refractivity contribution in [3.63, 3.8) is 0 Å². The van der Waals surface area contributed by atoms with Gasteiger partial charge in [0.1, 0.15) is 12.2 Å². The molecule has 5 fully saturated rings. The van der Waals surface area contributed by atoms with E-state index in [9.17, 15) is 9.90 Å². The maximum atomic E-state index is 12.1. The van der Waals surface area contributed by atoms with Gasteiger partial charge in [-0.05, 0) is 67.8 Å². The normalized spacial score (nSPS) is 56.4.